The molecule has 0 radical (unpaired) electrons. The molecule has 0 bridgehead atoms. The Morgan fingerprint density at radius 1 is 0.818 bits per heavy atom. The molecule has 0 aliphatic carbocycles. The highest BCUT2D eigenvalue weighted by Crippen LogP contribution is 2.31. The molecule has 0 heterocycles. The van der Waals surface area contributed by atoms with Crippen molar-refractivity contribution in [3.05, 3.63) is 89.5 Å². The van der Waals surface area contributed by atoms with Gasteiger partial charge in [0.2, 0.25) is 5.91 Å². The molecular weight excluding hydrogens is 406 g/mol. The van der Waals surface area contributed by atoms with Gasteiger partial charge in [-0.25, -0.2) is 0 Å². The summed E-state index contributed by atoms with van der Waals surface area (Å²) < 4.78 is 6.42. The zero-order chi connectivity index (χ0) is 24.0. The van der Waals surface area contributed by atoms with Crippen molar-refractivity contribution < 1.29 is 9.53 Å². The maximum atomic E-state index is 11.4. The lowest BCUT2D eigenvalue weighted by Gasteiger charge is -2.21. The number of hydrogen-bond acceptors (Lipinski definition) is 2. The Morgan fingerprint density at radius 3 is 1.85 bits per heavy atom. The summed E-state index contributed by atoms with van der Waals surface area (Å²) in [6.07, 6.45) is 3.09. The second-order valence-corrected chi connectivity index (χ2v) is 10.3. The molecule has 3 aromatic rings. The van der Waals surface area contributed by atoms with Gasteiger partial charge in [-0.2, -0.15) is 0 Å². The number of rotatable bonds is 9. The van der Waals surface area contributed by atoms with Crippen LogP contribution in [0.3, 0.4) is 0 Å². The first-order valence-electron chi connectivity index (χ1n) is 11.9. The minimum atomic E-state index is -0.412. The number of hydrogen-bond donors (Lipinski definition) is 1. The van der Waals surface area contributed by atoms with Gasteiger partial charge in [-0.1, -0.05) is 89.6 Å². The van der Waals surface area contributed by atoms with Crippen LogP contribution in [0.2, 0.25) is 0 Å². The molecule has 0 saturated heterocycles. The SMILES string of the molecule is CC(C)CCCC(Oc1ccc(-c2ccc(C(C)(C)C)cc2)cc1)c1ccc(C(N)=O)cc1. The number of ether oxygens (including phenoxy) is 1. The fraction of sp³-hybridized carbons (Fsp3) is 0.367. The Morgan fingerprint density at radius 2 is 1.36 bits per heavy atom. The van der Waals surface area contributed by atoms with Gasteiger partial charge in [0.25, 0.3) is 0 Å². The van der Waals surface area contributed by atoms with E-state index in [4.69, 9.17) is 10.5 Å². The van der Waals surface area contributed by atoms with Crippen molar-refractivity contribution in [3.63, 3.8) is 0 Å². The lowest BCUT2D eigenvalue weighted by Crippen LogP contribution is -2.12. The Kier molecular flexibility index (Phi) is 7.97. The molecule has 0 fully saturated rings. The maximum absolute atomic E-state index is 11.4. The first kappa shape index (κ1) is 24.6. The number of nitrogens with two attached hydrogens (primary N) is 1. The van der Waals surface area contributed by atoms with Gasteiger partial charge in [-0.3, -0.25) is 4.79 Å². The molecule has 0 spiro atoms. The quantitative estimate of drug-likeness (QED) is 0.368. The van der Waals surface area contributed by atoms with Crippen molar-refractivity contribution in [2.75, 3.05) is 0 Å². The van der Waals surface area contributed by atoms with Gasteiger partial charge in [0, 0.05) is 5.56 Å². The van der Waals surface area contributed by atoms with E-state index in [0.29, 0.717) is 11.5 Å². The molecule has 1 unspecified atom stereocenters. The molecule has 1 atom stereocenters. The predicted octanol–water partition coefficient (Wildman–Crippen LogP) is 7.70. The van der Waals surface area contributed by atoms with Crippen molar-refractivity contribution in [1.82, 2.24) is 0 Å². The van der Waals surface area contributed by atoms with Gasteiger partial charge in [0.1, 0.15) is 11.9 Å². The lowest BCUT2D eigenvalue weighted by atomic mass is 9.86. The summed E-state index contributed by atoms with van der Waals surface area (Å²) in [5.41, 5.74) is 10.8. The van der Waals surface area contributed by atoms with Crippen LogP contribution < -0.4 is 10.5 Å². The topological polar surface area (TPSA) is 52.3 Å². The van der Waals surface area contributed by atoms with Crippen LogP contribution >= 0.6 is 0 Å². The summed E-state index contributed by atoms with van der Waals surface area (Å²) in [4.78, 5) is 11.4. The Bertz CT molecular complexity index is 1030. The van der Waals surface area contributed by atoms with Crippen molar-refractivity contribution in [2.45, 2.75) is 65.4 Å². The van der Waals surface area contributed by atoms with Crippen LogP contribution in [0.25, 0.3) is 11.1 Å². The lowest BCUT2D eigenvalue weighted by molar-refractivity contribution is 0.1000. The average Bonchev–Trinajstić information content (AvgIpc) is 2.78. The van der Waals surface area contributed by atoms with E-state index in [2.05, 4.69) is 71.0 Å². The number of carbonyl (C=O) groups excluding carboxylic acids is 1. The van der Waals surface area contributed by atoms with Gasteiger partial charge in [-0.05, 0) is 70.7 Å². The smallest absolute Gasteiger partial charge is 0.248 e. The highest BCUT2D eigenvalue weighted by molar-refractivity contribution is 5.92. The van der Waals surface area contributed by atoms with Gasteiger partial charge in [0.15, 0.2) is 0 Å². The summed E-state index contributed by atoms with van der Waals surface area (Å²) >= 11 is 0. The zero-order valence-electron chi connectivity index (χ0n) is 20.6. The van der Waals surface area contributed by atoms with Crippen molar-refractivity contribution >= 4 is 5.91 Å². The summed E-state index contributed by atoms with van der Waals surface area (Å²) in [6.45, 7) is 11.2. The van der Waals surface area contributed by atoms with Crippen LogP contribution in [0.4, 0.5) is 0 Å². The summed E-state index contributed by atoms with van der Waals surface area (Å²) in [5, 5.41) is 0. The second-order valence-electron chi connectivity index (χ2n) is 10.3. The monoisotopic (exact) mass is 443 g/mol. The number of carbonyl (C=O) groups is 1. The van der Waals surface area contributed by atoms with Crippen LogP contribution in [-0.2, 0) is 5.41 Å². The maximum Gasteiger partial charge on any atom is 0.248 e. The third-order valence-electron chi connectivity index (χ3n) is 6.03. The standard InChI is InChI=1S/C30H37NO2/c1-21(2)7-6-8-28(24-9-11-25(12-10-24)29(31)32)33-27-19-15-23(16-20-27)22-13-17-26(18-14-22)30(3,4)5/h9-21,28H,6-8H2,1-5H3,(H2,31,32). The summed E-state index contributed by atoms with van der Waals surface area (Å²) in [6, 6.07) is 24.6. The third-order valence-corrected chi connectivity index (χ3v) is 6.03. The van der Waals surface area contributed by atoms with E-state index in [-0.39, 0.29) is 11.5 Å². The van der Waals surface area contributed by atoms with Crippen LogP contribution in [0.5, 0.6) is 5.75 Å². The van der Waals surface area contributed by atoms with E-state index in [1.54, 1.807) is 12.1 Å². The number of primary amides is 1. The van der Waals surface area contributed by atoms with E-state index >= 15 is 0 Å². The molecule has 3 nitrogen and oxygen atoms in total. The number of benzene rings is 3. The van der Waals surface area contributed by atoms with Crippen LogP contribution in [0.15, 0.2) is 72.8 Å². The molecule has 0 aromatic heterocycles. The van der Waals surface area contributed by atoms with E-state index in [9.17, 15) is 4.79 Å². The fourth-order valence-corrected chi connectivity index (χ4v) is 3.92. The Labute approximate surface area is 199 Å². The van der Waals surface area contributed by atoms with Gasteiger partial charge in [0.05, 0.1) is 0 Å². The fourth-order valence-electron chi connectivity index (χ4n) is 3.92. The third kappa shape index (κ3) is 6.95. The predicted molar refractivity (Wildman–Crippen MR) is 138 cm³/mol. The van der Waals surface area contributed by atoms with Crippen LogP contribution in [0.1, 0.15) is 81.5 Å². The normalized spacial score (nSPS) is 12.5. The molecule has 3 rings (SSSR count). The molecule has 174 valence electrons. The molecule has 2 N–H and O–H groups in total. The van der Waals surface area contributed by atoms with Crippen molar-refractivity contribution in [1.29, 1.82) is 0 Å². The van der Waals surface area contributed by atoms with Crippen molar-refractivity contribution in [3.8, 4) is 16.9 Å². The molecule has 0 saturated carbocycles. The van der Waals surface area contributed by atoms with Gasteiger partial charge in [-0.15, -0.1) is 0 Å². The molecular formula is C30H37NO2. The highest BCUT2D eigenvalue weighted by atomic mass is 16.5. The first-order chi connectivity index (χ1) is 15.6. The molecule has 3 aromatic carbocycles. The van der Waals surface area contributed by atoms with Gasteiger partial charge < -0.3 is 10.5 Å². The Balaban J connectivity index is 1.75. The second kappa shape index (κ2) is 10.7. The van der Waals surface area contributed by atoms with Crippen molar-refractivity contribution in [2.24, 2.45) is 11.7 Å². The highest BCUT2D eigenvalue weighted by Gasteiger charge is 2.16. The average molecular weight is 444 g/mol. The van der Waals surface area contributed by atoms with Crippen LogP contribution in [-0.4, -0.2) is 5.91 Å². The molecule has 0 aliphatic heterocycles. The first-order valence-corrected chi connectivity index (χ1v) is 11.9. The van der Waals surface area contributed by atoms with E-state index in [1.807, 2.05) is 24.3 Å². The number of amides is 1. The minimum absolute atomic E-state index is 0.0670. The van der Waals surface area contributed by atoms with Crippen LogP contribution in [0, 0.1) is 5.92 Å². The Hall–Kier alpha value is -3.07. The molecule has 0 aliphatic rings. The van der Waals surface area contributed by atoms with E-state index < -0.39 is 5.91 Å². The van der Waals surface area contributed by atoms with E-state index in [1.165, 1.54) is 16.7 Å². The largest absolute Gasteiger partial charge is 0.486 e. The molecule has 33 heavy (non-hydrogen) atoms. The van der Waals surface area contributed by atoms with E-state index in [0.717, 1.165) is 30.6 Å². The molecule has 1 amide bonds. The zero-order valence-corrected chi connectivity index (χ0v) is 20.6. The minimum Gasteiger partial charge on any atom is -0.486 e. The van der Waals surface area contributed by atoms with Gasteiger partial charge >= 0.3 is 0 Å². The summed E-state index contributed by atoms with van der Waals surface area (Å²) in [5.74, 6) is 1.09. The molecule has 3 heteroatoms. The summed E-state index contributed by atoms with van der Waals surface area (Å²) in [7, 11) is 0.